The summed E-state index contributed by atoms with van der Waals surface area (Å²) < 4.78 is 0. The molecule has 1 atom stereocenters. The number of nitrogens with zero attached hydrogens (tertiary/aromatic N) is 1. The second-order valence-electron chi connectivity index (χ2n) is 8.54. The van der Waals surface area contributed by atoms with Gasteiger partial charge in [-0.1, -0.05) is 73.7 Å². The summed E-state index contributed by atoms with van der Waals surface area (Å²) in [5.41, 5.74) is 2.03. The lowest BCUT2D eigenvalue weighted by Gasteiger charge is -2.32. The maximum Gasteiger partial charge on any atom is 0.243 e. The van der Waals surface area contributed by atoms with Crippen LogP contribution in [0.1, 0.15) is 56.6 Å². The molecule has 1 fully saturated rings. The summed E-state index contributed by atoms with van der Waals surface area (Å²) in [5.74, 6) is 0.897. The summed E-state index contributed by atoms with van der Waals surface area (Å²) >= 11 is 13.7. The molecule has 0 heterocycles. The molecule has 0 unspecified atom stereocenters. The first-order valence-corrected chi connectivity index (χ1v) is 13.5. The van der Waals surface area contributed by atoms with Crippen LogP contribution in [0.25, 0.3) is 0 Å². The molecule has 0 aliphatic heterocycles. The lowest BCUT2D eigenvalue weighted by molar-refractivity contribution is -0.139. The average Bonchev–Trinajstić information content (AvgIpc) is 2.81. The number of carbonyl (C=O) groups is 2. The van der Waals surface area contributed by atoms with Gasteiger partial charge in [-0.3, -0.25) is 9.59 Å². The Hall–Kier alpha value is -1.69. The number of benzene rings is 2. The zero-order valence-corrected chi connectivity index (χ0v) is 21.4. The van der Waals surface area contributed by atoms with E-state index < -0.39 is 6.04 Å². The number of rotatable bonds is 10. The molecule has 2 aromatic rings. The zero-order chi connectivity index (χ0) is 23.6. The Balaban J connectivity index is 1.69. The molecule has 1 N–H and O–H groups in total. The summed E-state index contributed by atoms with van der Waals surface area (Å²) in [5, 5.41) is 4.55. The molecule has 0 aromatic heterocycles. The summed E-state index contributed by atoms with van der Waals surface area (Å²) in [6.07, 6.45) is 6.13. The van der Waals surface area contributed by atoms with Gasteiger partial charge in [-0.2, -0.15) is 0 Å². The molecule has 0 saturated heterocycles. The first kappa shape index (κ1) is 25.9. The van der Waals surface area contributed by atoms with Crippen LogP contribution in [0.3, 0.4) is 0 Å². The van der Waals surface area contributed by atoms with Crippen molar-refractivity contribution in [3.63, 3.8) is 0 Å². The molecule has 0 bridgehead atoms. The van der Waals surface area contributed by atoms with Gasteiger partial charge in [0.1, 0.15) is 6.04 Å². The Morgan fingerprint density at radius 3 is 2.42 bits per heavy atom. The van der Waals surface area contributed by atoms with E-state index in [-0.39, 0.29) is 17.9 Å². The number of hydrogen-bond donors (Lipinski definition) is 1. The third-order valence-electron chi connectivity index (χ3n) is 5.99. The molecule has 0 spiro atoms. The first-order valence-electron chi connectivity index (χ1n) is 11.6. The van der Waals surface area contributed by atoms with Crippen LogP contribution in [0.2, 0.25) is 10.0 Å². The molecular formula is C26H32Cl2N2O2S. The van der Waals surface area contributed by atoms with Crippen molar-refractivity contribution in [3.8, 4) is 0 Å². The Morgan fingerprint density at radius 1 is 1.03 bits per heavy atom. The highest BCUT2D eigenvalue weighted by Crippen LogP contribution is 2.21. The van der Waals surface area contributed by atoms with Crippen molar-refractivity contribution in [2.24, 2.45) is 0 Å². The number of nitrogens with one attached hydrogen (secondary N) is 1. The summed E-state index contributed by atoms with van der Waals surface area (Å²) in [6, 6.07) is 14.8. The smallest absolute Gasteiger partial charge is 0.243 e. The van der Waals surface area contributed by atoms with Crippen LogP contribution in [-0.2, 0) is 21.9 Å². The van der Waals surface area contributed by atoms with Crippen LogP contribution >= 0.6 is 35.0 Å². The minimum Gasteiger partial charge on any atom is -0.352 e. The third kappa shape index (κ3) is 8.24. The molecule has 1 aliphatic rings. The van der Waals surface area contributed by atoms with E-state index in [0.717, 1.165) is 36.8 Å². The van der Waals surface area contributed by atoms with Crippen molar-refractivity contribution < 1.29 is 9.59 Å². The van der Waals surface area contributed by atoms with Crippen molar-refractivity contribution in [2.75, 3.05) is 5.75 Å². The monoisotopic (exact) mass is 506 g/mol. The Labute approximate surface area is 211 Å². The minimum absolute atomic E-state index is 0.0392. The third-order valence-corrected chi connectivity index (χ3v) is 7.46. The first-order chi connectivity index (χ1) is 16.0. The number of halogens is 2. The number of thioether (sulfide) groups is 1. The minimum atomic E-state index is -0.498. The number of carbonyl (C=O) groups excluding carboxylic acids is 2. The molecule has 1 aliphatic carbocycles. The Morgan fingerprint density at radius 2 is 1.76 bits per heavy atom. The fourth-order valence-electron chi connectivity index (χ4n) is 4.22. The summed E-state index contributed by atoms with van der Waals surface area (Å²) in [6.45, 7) is 2.34. The van der Waals surface area contributed by atoms with Gasteiger partial charge >= 0.3 is 0 Å². The van der Waals surface area contributed by atoms with Crippen LogP contribution in [0, 0.1) is 0 Å². The molecule has 7 heteroatoms. The van der Waals surface area contributed by atoms with E-state index in [1.54, 1.807) is 4.90 Å². The van der Waals surface area contributed by atoms with Crippen molar-refractivity contribution in [1.29, 1.82) is 0 Å². The second-order valence-corrected chi connectivity index (χ2v) is 10.4. The van der Waals surface area contributed by atoms with E-state index >= 15 is 0 Å². The molecule has 33 heavy (non-hydrogen) atoms. The fourth-order valence-corrected chi connectivity index (χ4v) is 5.41. The molecule has 1 saturated carbocycles. The van der Waals surface area contributed by atoms with Gasteiger partial charge in [-0.25, -0.2) is 0 Å². The zero-order valence-electron chi connectivity index (χ0n) is 19.1. The summed E-state index contributed by atoms with van der Waals surface area (Å²) in [4.78, 5) is 28.3. The van der Waals surface area contributed by atoms with Crippen molar-refractivity contribution >= 4 is 46.8 Å². The van der Waals surface area contributed by atoms with Gasteiger partial charge in [-0.05, 0) is 54.7 Å². The van der Waals surface area contributed by atoms with Gasteiger partial charge in [0.05, 0.1) is 5.75 Å². The average molecular weight is 508 g/mol. The Kier molecular flexibility index (Phi) is 10.4. The maximum absolute atomic E-state index is 13.3. The predicted octanol–water partition coefficient (Wildman–Crippen LogP) is 6.48. The Bertz CT molecular complexity index is 917. The number of hydrogen-bond acceptors (Lipinski definition) is 3. The molecule has 2 amide bonds. The summed E-state index contributed by atoms with van der Waals surface area (Å²) in [7, 11) is 0. The largest absolute Gasteiger partial charge is 0.352 e. The van der Waals surface area contributed by atoms with Gasteiger partial charge in [0.25, 0.3) is 0 Å². The maximum atomic E-state index is 13.3. The highest BCUT2D eigenvalue weighted by Gasteiger charge is 2.30. The van der Waals surface area contributed by atoms with E-state index in [1.165, 1.54) is 18.2 Å². The van der Waals surface area contributed by atoms with Gasteiger partial charge in [0, 0.05) is 28.4 Å². The highest BCUT2D eigenvalue weighted by molar-refractivity contribution is 7.99. The SMILES string of the molecule is CC[C@@H](C(=O)NC1CCCCC1)N(Cc1ccc(Cl)cc1)C(=O)CSCc1cccc(Cl)c1. The van der Waals surface area contributed by atoms with E-state index in [1.807, 2.05) is 55.5 Å². The van der Waals surface area contributed by atoms with Gasteiger partial charge < -0.3 is 10.2 Å². The highest BCUT2D eigenvalue weighted by atomic mass is 35.5. The van der Waals surface area contributed by atoms with Crippen LogP contribution < -0.4 is 5.32 Å². The van der Waals surface area contributed by atoms with Crippen molar-refractivity contribution in [1.82, 2.24) is 10.2 Å². The normalized spacial score (nSPS) is 15.1. The van der Waals surface area contributed by atoms with Crippen LogP contribution in [0.4, 0.5) is 0 Å². The van der Waals surface area contributed by atoms with Gasteiger partial charge in [0.2, 0.25) is 11.8 Å². The quantitative estimate of drug-likeness (QED) is 0.400. The van der Waals surface area contributed by atoms with Gasteiger partial charge in [-0.15, -0.1) is 11.8 Å². The predicted molar refractivity (Wildman–Crippen MR) is 139 cm³/mol. The van der Waals surface area contributed by atoms with Crippen LogP contribution in [0.5, 0.6) is 0 Å². The van der Waals surface area contributed by atoms with Crippen LogP contribution in [-0.4, -0.2) is 34.6 Å². The topological polar surface area (TPSA) is 49.4 Å². The van der Waals surface area contributed by atoms with E-state index in [2.05, 4.69) is 5.32 Å². The molecule has 2 aromatic carbocycles. The second kappa shape index (κ2) is 13.3. The van der Waals surface area contributed by atoms with Gasteiger partial charge in [0.15, 0.2) is 0 Å². The van der Waals surface area contributed by atoms with E-state index in [9.17, 15) is 9.59 Å². The lowest BCUT2D eigenvalue weighted by Crippen LogP contribution is -2.52. The lowest BCUT2D eigenvalue weighted by atomic mass is 9.95. The van der Waals surface area contributed by atoms with E-state index in [4.69, 9.17) is 23.2 Å². The molecule has 178 valence electrons. The van der Waals surface area contributed by atoms with Crippen molar-refractivity contribution in [3.05, 3.63) is 69.7 Å². The van der Waals surface area contributed by atoms with Crippen LogP contribution in [0.15, 0.2) is 48.5 Å². The molecular weight excluding hydrogens is 475 g/mol. The standard InChI is InChI=1S/C26H32Cl2N2O2S/c1-2-24(26(32)29-23-9-4-3-5-10-23)30(16-19-11-13-21(27)14-12-19)25(31)18-33-17-20-7-6-8-22(28)15-20/h6-8,11-15,23-24H,2-5,9-10,16-18H2,1H3,(H,29,32)/t24-/m0/s1. The fraction of sp³-hybridized carbons (Fsp3) is 0.462. The number of amides is 2. The molecule has 3 rings (SSSR count). The van der Waals surface area contributed by atoms with Crippen molar-refractivity contribution in [2.45, 2.75) is 69.8 Å². The molecule has 0 radical (unpaired) electrons. The van der Waals surface area contributed by atoms with E-state index in [0.29, 0.717) is 34.5 Å². The molecule has 4 nitrogen and oxygen atoms in total.